The Labute approximate surface area is 162 Å². The van der Waals surface area contributed by atoms with Crippen LogP contribution < -0.4 is 5.43 Å². The molecule has 5 heteroatoms. The van der Waals surface area contributed by atoms with Gasteiger partial charge in [-0.3, -0.25) is 9.69 Å². The van der Waals surface area contributed by atoms with Crippen molar-refractivity contribution >= 4 is 11.0 Å². The number of hydrogen-bond acceptors (Lipinski definition) is 5. The molecule has 28 heavy (non-hydrogen) atoms. The zero-order valence-corrected chi connectivity index (χ0v) is 15.3. The van der Waals surface area contributed by atoms with Crippen molar-refractivity contribution in [2.24, 2.45) is 0 Å². The summed E-state index contributed by atoms with van der Waals surface area (Å²) >= 11 is 0. The highest BCUT2D eigenvalue weighted by Crippen LogP contribution is 2.22. The summed E-state index contributed by atoms with van der Waals surface area (Å²) in [6, 6.07) is 17.4. The van der Waals surface area contributed by atoms with Crippen molar-refractivity contribution in [3.63, 3.8) is 0 Å². The zero-order valence-electron chi connectivity index (χ0n) is 15.3. The number of para-hydroxylation sites is 1. The van der Waals surface area contributed by atoms with Gasteiger partial charge in [0.25, 0.3) is 0 Å². The van der Waals surface area contributed by atoms with E-state index in [0.29, 0.717) is 23.1 Å². The van der Waals surface area contributed by atoms with Crippen molar-refractivity contribution in [2.45, 2.75) is 19.5 Å². The minimum atomic E-state index is 0.0447. The molecular formula is C23H19N3O2. The summed E-state index contributed by atoms with van der Waals surface area (Å²) in [6.07, 6.45) is 4.35. The first kappa shape index (κ1) is 16.8. The minimum absolute atomic E-state index is 0.0447. The lowest BCUT2D eigenvalue weighted by molar-refractivity contribution is 0.240. The van der Waals surface area contributed by atoms with Crippen LogP contribution in [0.5, 0.6) is 0 Å². The van der Waals surface area contributed by atoms with Crippen LogP contribution in [0.1, 0.15) is 16.8 Å². The predicted molar refractivity (Wildman–Crippen MR) is 108 cm³/mol. The fourth-order valence-corrected chi connectivity index (χ4v) is 3.70. The molecule has 0 atom stereocenters. The minimum Gasteiger partial charge on any atom is -0.464 e. The van der Waals surface area contributed by atoms with Crippen LogP contribution in [0.4, 0.5) is 0 Å². The fraction of sp³-hybridized carbons (Fsp3) is 0.174. The third-order valence-electron chi connectivity index (χ3n) is 5.19. The van der Waals surface area contributed by atoms with E-state index < -0.39 is 0 Å². The van der Waals surface area contributed by atoms with Crippen LogP contribution in [-0.4, -0.2) is 21.4 Å². The normalized spacial score (nSPS) is 14.1. The third-order valence-corrected chi connectivity index (χ3v) is 5.19. The Kier molecular flexibility index (Phi) is 4.22. The van der Waals surface area contributed by atoms with Crippen molar-refractivity contribution in [3.05, 3.63) is 94.1 Å². The molecule has 0 fully saturated rings. The molecule has 2 aromatic heterocycles. The maximum atomic E-state index is 12.7. The molecule has 138 valence electrons. The molecule has 2 aromatic carbocycles. The largest absolute Gasteiger partial charge is 0.464 e. The van der Waals surface area contributed by atoms with Crippen LogP contribution in [0, 0.1) is 0 Å². The van der Waals surface area contributed by atoms with Crippen molar-refractivity contribution in [1.29, 1.82) is 0 Å². The first-order chi connectivity index (χ1) is 13.8. The number of hydrogen-bond donors (Lipinski definition) is 0. The molecule has 0 aliphatic carbocycles. The maximum Gasteiger partial charge on any atom is 0.197 e. The van der Waals surface area contributed by atoms with Crippen LogP contribution in [-0.2, 0) is 19.5 Å². The van der Waals surface area contributed by atoms with Crippen molar-refractivity contribution < 1.29 is 4.42 Å². The first-order valence-corrected chi connectivity index (χ1v) is 9.40. The van der Waals surface area contributed by atoms with Gasteiger partial charge in [-0.25, -0.2) is 9.97 Å². The summed E-state index contributed by atoms with van der Waals surface area (Å²) in [7, 11) is 0. The standard InChI is InChI=1S/C23H19N3O2/c27-22-18(15-28-21-9-5-4-8-19(21)22)14-26-11-10-20-17(13-26)12-24-23(25-20)16-6-2-1-3-7-16/h1-9,12,15H,10-11,13-14H2. The molecule has 0 saturated heterocycles. The SMILES string of the molecule is O=c1c(CN2CCc3nc(-c4ccccc4)ncc3C2)coc2ccccc12. The topological polar surface area (TPSA) is 59.2 Å². The van der Waals surface area contributed by atoms with Gasteiger partial charge in [0.15, 0.2) is 11.3 Å². The van der Waals surface area contributed by atoms with E-state index in [1.165, 1.54) is 0 Å². The molecule has 5 rings (SSSR count). The van der Waals surface area contributed by atoms with Crippen LogP contribution in [0.2, 0.25) is 0 Å². The number of fused-ring (bicyclic) bond motifs is 2. The van der Waals surface area contributed by atoms with Gasteiger partial charge in [0.1, 0.15) is 5.58 Å². The molecule has 5 nitrogen and oxygen atoms in total. The summed E-state index contributed by atoms with van der Waals surface area (Å²) < 4.78 is 5.65. The van der Waals surface area contributed by atoms with Crippen molar-refractivity contribution in [1.82, 2.24) is 14.9 Å². The summed E-state index contributed by atoms with van der Waals surface area (Å²) in [5.41, 5.74) is 4.60. The Morgan fingerprint density at radius 3 is 2.75 bits per heavy atom. The van der Waals surface area contributed by atoms with E-state index in [2.05, 4.69) is 9.88 Å². The second-order valence-corrected chi connectivity index (χ2v) is 7.08. The van der Waals surface area contributed by atoms with Crippen molar-refractivity contribution in [3.8, 4) is 11.4 Å². The predicted octanol–water partition coefficient (Wildman–Crippen LogP) is 3.81. The Morgan fingerprint density at radius 2 is 1.86 bits per heavy atom. The van der Waals surface area contributed by atoms with E-state index in [0.717, 1.165) is 42.2 Å². The van der Waals surface area contributed by atoms with E-state index in [1.807, 2.05) is 60.8 Å². The Balaban J connectivity index is 1.38. The fourth-order valence-electron chi connectivity index (χ4n) is 3.70. The van der Waals surface area contributed by atoms with E-state index >= 15 is 0 Å². The van der Waals surface area contributed by atoms with Crippen LogP contribution in [0.15, 0.2) is 76.3 Å². The highest BCUT2D eigenvalue weighted by molar-refractivity contribution is 5.76. The van der Waals surface area contributed by atoms with Crippen LogP contribution >= 0.6 is 0 Å². The highest BCUT2D eigenvalue weighted by atomic mass is 16.3. The van der Waals surface area contributed by atoms with Gasteiger partial charge < -0.3 is 4.42 Å². The maximum absolute atomic E-state index is 12.7. The molecule has 0 radical (unpaired) electrons. The Bertz CT molecular complexity index is 1200. The average Bonchev–Trinajstić information content (AvgIpc) is 2.76. The van der Waals surface area contributed by atoms with E-state index in [4.69, 9.17) is 9.40 Å². The molecule has 0 N–H and O–H groups in total. The van der Waals surface area contributed by atoms with E-state index in [1.54, 1.807) is 6.26 Å². The number of aromatic nitrogens is 2. The van der Waals surface area contributed by atoms with Gasteiger partial charge in [-0.1, -0.05) is 42.5 Å². The highest BCUT2D eigenvalue weighted by Gasteiger charge is 2.20. The van der Waals surface area contributed by atoms with Gasteiger partial charge in [-0.05, 0) is 12.1 Å². The Morgan fingerprint density at radius 1 is 1.04 bits per heavy atom. The van der Waals surface area contributed by atoms with Gasteiger partial charge in [0.05, 0.1) is 17.3 Å². The lowest BCUT2D eigenvalue weighted by Crippen LogP contribution is -2.32. The Hall–Kier alpha value is -3.31. The van der Waals surface area contributed by atoms with Gasteiger partial charge in [0, 0.05) is 48.9 Å². The molecule has 4 aromatic rings. The molecule has 1 aliphatic rings. The smallest absolute Gasteiger partial charge is 0.197 e. The number of nitrogens with zero attached hydrogens (tertiary/aromatic N) is 3. The molecule has 1 aliphatic heterocycles. The second kappa shape index (κ2) is 7.02. The summed E-state index contributed by atoms with van der Waals surface area (Å²) in [5.74, 6) is 0.767. The lowest BCUT2D eigenvalue weighted by Gasteiger charge is -2.27. The van der Waals surface area contributed by atoms with Crippen LogP contribution in [0.25, 0.3) is 22.4 Å². The number of benzene rings is 2. The molecule has 0 saturated carbocycles. The van der Waals surface area contributed by atoms with Crippen LogP contribution in [0.3, 0.4) is 0 Å². The zero-order chi connectivity index (χ0) is 18.9. The molecule has 0 amide bonds. The van der Waals surface area contributed by atoms with Gasteiger partial charge in [-0.2, -0.15) is 0 Å². The monoisotopic (exact) mass is 369 g/mol. The molecular weight excluding hydrogens is 350 g/mol. The second-order valence-electron chi connectivity index (χ2n) is 7.08. The first-order valence-electron chi connectivity index (χ1n) is 9.40. The molecule has 0 bridgehead atoms. The van der Waals surface area contributed by atoms with E-state index in [-0.39, 0.29) is 5.43 Å². The van der Waals surface area contributed by atoms with Gasteiger partial charge in [-0.15, -0.1) is 0 Å². The van der Waals surface area contributed by atoms with Crippen molar-refractivity contribution in [2.75, 3.05) is 6.54 Å². The third kappa shape index (κ3) is 3.10. The van der Waals surface area contributed by atoms with Gasteiger partial charge in [0.2, 0.25) is 0 Å². The van der Waals surface area contributed by atoms with E-state index in [9.17, 15) is 4.79 Å². The summed E-state index contributed by atoms with van der Waals surface area (Å²) in [6.45, 7) is 2.15. The lowest BCUT2D eigenvalue weighted by atomic mass is 10.1. The quantitative estimate of drug-likeness (QED) is 0.550. The average molecular weight is 369 g/mol. The molecule has 3 heterocycles. The summed E-state index contributed by atoms with van der Waals surface area (Å²) in [5, 5.41) is 0.633. The molecule has 0 unspecified atom stereocenters. The van der Waals surface area contributed by atoms with Gasteiger partial charge >= 0.3 is 0 Å². The summed E-state index contributed by atoms with van der Waals surface area (Å²) in [4.78, 5) is 24.3. The molecule has 0 spiro atoms. The number of rotatable bonds is 3.